The first-order chi connectivity index (χ1) is 14.0. The number of carbonyl (C=O) groups excluding carboxylic acids is 1. The van der Waals surface area contributed by atoms with Crippen LogP contribution in [-0.4, -0.2) is 46.2 Å². The maximum Gasteiger partial charge on any atom is 0.274 e. The highest BCUT2D eigenvalue weighted by molar-refractivity contribution is 5.92. The molecule has 6 nitrogen and oxygen atoms in total. The van der Waals surface area contributed by atoms with Crippen molar-refractivity contribution in [1.29, 1.82) is 0 Å². The Morgan fingerprint density at radius 1 is 1.31 bits per heavy atom. The van der Waals surface area contributed by atoms with E-state index in [0.717, 1.165) is 52.9 Å². The number of nitrogens with zero attached hydrogens (tertiary/aromatic N) is 3. The molecule has 152 valence electrons. The van der Waals surface area contributed by atoms with Crippen LogP contribution in [-0.2, 0) is 0 Å². The number of piperidine rings is 1. The number of likely N-dealkylation sites (tertiary alicyclic amines) is 1. The molecule has 1 aliphatic rings. The number of H-pyrrole nitrogens is 1. The van der Waals surface area contributed by atoms with Crippen LogP contribution in [0.4, 0.5) is 0 Å². The fourth-order valence-corrected chi connectivity index (χ4v) is 4.11. The summed E-state index contributed by atoms with van der Waals surface area (Å²) in [5, 5.41) is 9.48. The molecule has 1 fully saturated rings. The molecule has 0 unspecified atom stereocenters. The molecule has 1 aliphatic heterocycles. The fourth-order valence-electron chi connectivity index (χ4n) is 4.11. The number of nitrogens with one attached hydrogen (secondary N) is 1. The topological polar surface area (TPSA) is 71.1 Å². The predicted molar refractivity (Wildman–Crippen MR) is 114 cm³/mol. The summed E-state index contributed by atoms with van der Waals surface area (Å²) in [5.41, 5.74) is 3.65. The Kier molecular flexibility index (Phi) is 5.26. The molecule has 0 aliphatic carbocycles. The van der Waals surface area contributed by atoms with E-state index in [1.807, 2.05) is 29.3 Å². The van der Waals surface area contributed by atoms with Crippen LogP contribution < -0.4 is 4.74 Å². The molecular weight excluding hydrogens is 364 g/mol. The summed E-state index contributed by atoms with van der Waals surface area (Å²) in [7, 11) is 1.70. The van der Waals surface area contributed by atoms with Crippen molar-refractivity contribution in [2.75, 3.05) is 20.2 Å². The first-order valence-electron chi connectivity index (χ1n) is 10.3. The molecule has 1 amide bonds. The minimum atomic E-state index is -0.00325. The average Bonchev–Trinajstić information content (AvgIpc) is 3.24. The van der Waals surface area contributed by atoms with E-state index in [4.69, 9.17) is 9.72 Å². The van der Waals surface area contributed by atoms with E-state index in [1.165, 1.54) is 0 Å². The van der Waals surface area contributed by atoms with Gasteiger partial charge in [-0.3, -0.25) is 14.9 Å². The number of benzene rings is 1. The van der Waals surface area contributed by atoms with Gasteiger partial charge in [-0.15, -0.1) is 0 Å². The van der Waals surface area contributed by atoms with Crippen molar-refractivity contribution in [3.63, 3.8) is 0 Å². The molecular formula is C23H28N4O2. The van der Waals surface area contributed by atoms with Gasteiger partial charge >= 0.3 is 0 Å². The highest BCUT2D eigenvalue weighted by Crippen LogP contribution is 2.32. The van der Waals surface area contributed by atoms with Gasteiger partial charge in [0, 0.05) is 42.0 Å². The molecule has 1 saturated heterocycles. The number of pyridine rings is 1. The zero-order valence-electron chi connectivity index (χ0n) is 17.5. The van der Waals surface area contributed by atoms with Crippen molar-refractivity contribution in [1.82, 2.24) is 20.1 Å². The molecule has 6 heteroatoms. The van der Waals surface area contributed by atoms with Gasteiger partial charge in [0.05, 0.1) is 7.11 Å². The lowest BCUT2D eigenvalue weighted by Crippen LogP contribution is -2.39. The normalized spacial score (nSPS) is 17.1. The van der Waals surface area contributed by atoms with Crippen LogP contribution in [0.5, 0.6) is 5.75 Å². The number of aromatic amines is 1. The minimum absolute atomic E-state index is 0.00325. The quantitative estimate of drug-likeness (QED) is 0.713. The predicted octanol–water partition coefficient (Wildman–Crippen LogP) is 4.42. The number of rotatable bonds is 4. The molecule has 3 aromatic rings. The molecule has 3 heterocycles. The number of hydrogen-bond acceptors (Lipinski definition) is 4. The highest BCUT2D eigenvalue weighted by Gasteiger charge is 2.28. The minimum Gasteiger partial charge on any atom is -0.496 e. The monoisotopic (exact) mass is 392 g/mol. The average molecular weight is 393 g/mol. The third-order valence-electron chi connectivity index (χ3n) is 5.93. The highest BCUT2D eigenvalue weighted by atomic mass is 16.5. The number of aryl methyl sites for hydroxylation is 1. The summed E-state index contributed by atoms with van der Waals surface area (Å²) in [6.07, 6.45) is 3.93. The molecule has 0 saturated carbocycles. The Labute approximate surface area is 171 Å². The van der Waals surface area contributed by atoms with E-state index in [9.17, 15) is 4.79 Å². The van der Waals surface area contributed by atoms with Gasteiger partial charge in [-0.25, -0.2) is 0 Å². The van der Waals surface area contributed by atoms with Crippen LogP contribution in [0.3, 0.4) is 0 Å². The number of ether oxygens (including phenoxy) is 1. The SMILES string of the molecule is COc1ccc2cnc([C@@H]3CCCN(C(=O)c4cc(C(C)C)[nH]n4)C3)cc2c1C. The van der Waals surface area contributed by atoms with Gasteiger partial charge in [0.25, 0.3) is 5.91 Å². The third kappa shape index (κ3) is 3.71. The molecule has 2 aromatic heterocycles. The molecule has 1 atom stereocenters. The first-order valence-corrected chi connectivity index (χ1v) is 10.3. The Balaban J connectivity index is 1.57. The Morgan fingerprint density at radius 3 is 2.86 bits per heavy atom. The molecule has 29 heavy (non-hydrogen) atoms. The molecule has 0 spiro atoms. The molecule has 1 N–H and O–H groups in total. The number of aromatic nitrogens is 3. The molecule has 0 bridgehead atoms. The molecule has 0 radical (unpaired) electrons. The maximum atomic E-state index is 13.0. The second kappa shape index (κ2) is 7.85. The van der Waals surface area contributed by atoms with Gasteiger partial charge in [0.2, 0.25) is 0 Å². The standard InChI is InChI=1S/C23H28N4O2/c1-14(2)19-11-21(26-25-19)23(28)27-9-5-6-17(13-27)20-10-18-15(3)22(29-4)8-7-16(18)12-24-20/h7-8,10-12,14,17H,5-6,9,13H2,1-4H3,(H,25,26)/t17-/m1/s1. The molecule has 1 aromatic carbocycles. The summed E-state index contributed by atoms with van der Waals surface area (Å²) < 4.78 is 5.47. The summed E-state index contributed by atoms with van der Waals surface area (Å²) in [4.78, 5) is 19.6. The zero-order valence-corrected chi connectivity index (χ0v) is 17.5. The van der Waals surface area contributed by atoms with Crippen molar-refractivity contribution in [2.45, 2.75) is 45.4 Å². The lowest BCUT2D eigenvalue weighted by molar-refractivity contribution is 0.0700. The maximum absolute atomic E-state index is 13.0. The van der Waals surface area contributed by atoms with Crippen LogP contribution in [0.2, 0.25) is 0 Å². The van der Waals surface area contributed by atoms with Gasteiger partial charge in [-0.05, 0) is 60.9 Å². The number of carbonyl (C=O) groups is 1. The first kappa shape index (κ1) is 19.4. The number of methoxy groups -OCH3 is 1. The van der Waals surface area contributed by atoms with E-state index >= 15 is 0 Å². The third-order valence-corrected chi connectivity index (χ3v) is 5.93. The van der Waals surface area contributed by atoms with Crippen molar-refractivity contribution in [2.24, 2.45) is 0 Å². The van der Waals surface area contributed by atoms with Gasteiger partial charge in [0.15, 0.2) is 0 Å². The Bertz CT molecular complexity index is 1040. The summed E-state index contributed by atoms with van der Waals surface area (Å²) in [6.45, 7) is 7.68. The lowest BCUT2D eigenvalue weighted by Gasteiger charge is -2.32. The van der Waals surface area contributed by atoms with Crippen molar-refractivity contribution in [3.05, 3.63) is 53.1 Å². The smallest absolute Gasteiger partial charge is 0.274 e. The van der Waals surface area contributed by atoms with Crippen LogP contribution in [0, 0.1) is 6.92 Å². The fraction of sp³-hybridized carbons (Fsp3) is 0.435. The summed E-state index contributed by atoms with van der Waals surface area (Å²) in [5.74, 6) is 1.43. The van der Waals surface area contributed by atoms with Crippen LogP contribution in [0.1, 0.15) is 66.0 Å². The zero-order chi connectivity index (χ0) is 20.5. The number of hydrogen-bond donors (Lipinski definition) is 1. The van der Waals surface area contributed by atoms with Gasteiger partial charge in [0.1, 0.15) is 11.4 Å². The largest absolute Gasteiger partial charge is 0.496 e. The van der Waals surface area contributed by atoms with Gasteiger partial charge < -0.3 is 9.64 Å². The van der Waals surface area contributed by atoms with E-state index in [2.05, 4.69) is 37.0 Å². The van der Waals surface area contributed by atoms with Crippen molar-refractivity contribution >= 4 is 16.7 Å². The van der Waals surface area contributed by atoms with E-state index in [0.29, 0.717) is 18.2 Å². The van der Waals surface area contributed by atoms with Crippen LogP contribution in [0.25, 0.3) is 10.8 Å². The molecule has 4 rings (SSSR count). The second-order valence-electron chi connectivity index (χ2n) is 8.18. The second-order valence-corrected chi connectivity index (χ2v) is 8.18. The van der Waals surface area contributed by atoms with E-state index in [1.54, 1.807) is 7.11 Å². The summed E-state index contributed by atoms with van der Waals surface area (Å²) >= 11 is 0. The van der Waals surface area contributed by atoms with E-state index in [-0.39, 0.29) is 11.8 Å². The van der Waals surface area contributed by atoms with Gasteiger partial charge in [-0.2, -0.15) is 5.10 Å². The summed E-state index contributed by atoms with van der Waals surface area (Å²) in [6, 6.07) is 8.06. The number of amides is 1. The van der Waals surface area contributed by atoms with Crippen molar-refractivity contribution < 1.29 is 9.53 Å². The lowest BCUT2D eigenvalue weighted by atomic mass is 9.92. The van der Waals surface area contributed by atoms with Crippen LogP contribution >= 0.6 is 0 Å². The van der Waals surface area contributed by atoms with Gasteiger partial charge in [-0.1, -0.05) is 13.8 Å². The van der Waals surface area contributed by atoms with Crippen LogP contribution in [0.15, 0.2) is 30.5 Å². The van der Waals surface area contributed by atoms with E-state index < -0.39 is 0 Å². The van der Waals surface area contributed by atoms with Crippen molar-refractivity contribution in [3.8, 4) is 5.75 Å². The Hall–Kier alpha value is -2.89. The Morgan fingerprint density at radius 2 is 2.14 bits per heavy atom. The number of fused-ring (bicyclic) bond motifs is 1.